The van der Waals surface area contributed by atoms with Gasteiger partial charge >= 0.3 is 0 Å². The van der Waals surface area contributed by atoms with Crippen molar-refractivity contribution in [2.24, 2.45) is 17.6 Å². The summed E-state index contributed by atoms with van der Waals surface area (Å²) in [5, 5.41) is 0. The maximum Gasteiger partial charge on any atom is 0.147 e. The highest BCUT2D eigenvalue weighted by molar-refractivity contribution is 5.37. The maximum atomic E-state index is 5.48. The van der Waals surface area contributed by atoms with Crippen molar-refractivity contribution in [1.29, 1.82) is 0 Å². The van der Waals surface area contributed by atoms with Gasteiger partial charge in [0.1, 0.15) is 5.82 Å². The molecule has 2 heterocycles. The molecule has 0 aromatic carbocycles. The van der Waals surface area contributed by atoms with E-state index in [4.69, 9.17) is 5.73 Å². The fourth-order valence-corrected chi connectivity index (χ4v) is 1.93. The summed E-state index contributed by atoms with van der Waals surface area (Å²) in [5.74, 6) is 2.45. The molecule has 1 aliphatic rings. The van der Waals surface area contributed by atoms with Crippen LogP contribution in [0.25, 0.3) is 0 Å². The summed E-state index contributed by atoms with van der Waals surface area (Å²) in [6, 6.07) is 0. The number of rotatable bonds is 2. The van der Waals surface area contributed by atoms with Crippen LogP contribution in [0.5, 0.6) is 0 Å². The van der Waals surface area contributed by atoms with Crippen LogP contribution in [0.2, 0.25) is 0 Å². The molecule has 0 bridgehead atoms. The van der Waals surface area contributed by atoms with Gasteiger partial charge in [-0.15, -0.1) is 0 Å². The van der Waals surface area contributed by atoms with E-state index in [9.17, 15) is 0 Å². The number of nitrogens with two attached hydrogens (primary N) is 1. The van der Waals surface area contributed by atoms with Crippen LogP contribution >= 0.6 is 0 Å². The molecular formula is C11H18N4. The number of anilines is 1. The van der Waals surface area contributed by atoms with Crippen molar-refractivity contribution in [3.05, 3.63) is 18.1 Å². The Kier molecular flexibility index (Phi) is 2.86. The van der Waals surface area contributed by atoms with Crippen LogP contribution in [0, 0.1) is 11.8 Å². The monoisotopic (exact) mass is 206 g/mol. The van der Waals surface area contributed by atoms with Crippen LogP contribution in [0.4, 0.5) is 5.82 Å². The molecular weight excluding hydrogens is 188 g/mol. The first-order valence-electron chi connectivity index (χ1n) is 5.46. The minimum absolute atomic E-state index is 0.458. The Balaban J connectivity index is 2.10. The summed E-state index contributed by atoms with van der Waals surface area (Å²) in [7, 11) is 0. The van der Waals surface area contributed by atoms with E-state index in [2.05, 4.69) is 28.7 Å². The fraction of sp³-hybridized carbons (Fsp3) is 0.636. The zero-order valence-electron chi connectivity index (χ0n) is 9.35. The molecule has 0 aliphatic carbocycles. The molecule has 4 heteroatoms. The molecule has 0 radical (unpaired) electrons. The van der Waals surface area contributed by atoms with Gasteiger partial charge in [-0.1, -0.05) is 13.8 Å². The second kappa shape index (κ2) is 4.14. The molecule has 1 aromatic rings. The van der Waals surface area contributed by atoms with Crippen LogP contribution in [-0.4, -0.2) is 23.1 Å². The summed E-state index contributed by atoms with van der Waals surface area (Å²) < 4.78 is 0. The SMILES string of the molecule is CC1CN(c2cnc(CN)cn2)CC1C. The molecule has 15 heavy (non-hydrogen) atoms. The van der Waals surface area contributed by atoms with Crippen LogP contribution in [0.3, 0.4) is 0 Å². The lowest BCUT2D eigenvalue weighted by Crippen LogP contribution is -2.21. The van der Waals surface area contributed by atoms with E-state index < -0.39 is 0 Å². The molecule has 4 nitrogen and oxygen atoms in total. The van der Waals surface area contributed by atoms with E-state index in [0.717, 1.165) is 36.4 Å². The Labute approximate surface area is 90.5 Å². The minimum atomic E-state index is 0.458. The predicted octanol–water partition coefficient (Wildman–Crippen LogP) is 1.03. The predicted molar refractivity (Wildman–Crippen MR) is 60.5 cm³/mol. The van der Waals surface area contributed by atoms with Gasteiger partial charge in [-0.05, 0) is 11.8 Å². The first kappa shape index (κ1) is 10.4. The van der Waals surface area contributed by atoms with E-state index in [0.29, 0.717) is 6.54 Å². The largest absolute Gasteiger partial charge is 0.355 e. The van der Waals surface area contributed by atoms with Gasteiger partial charge < -0.3 is 10.6 Å². The van der Waals surface area contributed by atoms with Crippen molar-refractivity contribution in [1.82, 2.24) is 9.97 Å². The Morgan fingerprint density at radius 1 is 1.27 bits per heavy atom. The Morgan fingerprint density at radius 2 is 1.93 bits per heavy atom. The zero-order valence-corrected chi connectivity index (χ0v) is 9.35. The quantitative estimate of drug-likeness (QED) is 0.785. The molecule has 1 aromatic heterocycles. The van der Waals surface area contributed by atoms with Crippen LogP contribution < -0.4 is 10.6 Å². The van der Waals surface area contributed by atoms with Crippen molar-refractivity contribution in [3.8, 4) is 0 Å². The minimum Gasteiger partial charge on any atom is -0.355 e. The van der Waals surface area contributed by atoms with Gasteiger partial charge in [0.05, 0.1) is 18.1 Å². The molecule has 1 aliphatic heterocycles. The first-order chi connectivity index (χ1) is 7.20. The molecule has 2 N–H and O–H groups in total. The summed E-state index contributed by atoms with van der Waals surface area (Å²) in [6.07, 6.45) is 3.59. The van der Waals surface area contributed by atoms with E-state index in [-0.39, 0.29) is 0 Å². The molecule has 0 spiro atoms. The fourth-order valence-electron chi connectivity index (χ4n) is 1.93. The van der Waals surface area contributed by atoms with Crippen molar-refractivity contribution in [2.75, 3.05) is 18.0 Å². The molecule has 0 saturated carbocycles. The third-order valence-corrected chi connectivity index (χ3v) is 3.21. The number of hydrogen-bond acceptors (Lipinski definition) is 4. The van der Waals surface area contributed by atoms with Gasteiger partial charge in [-0.2, -0.15) is 0 Å². The lowest BCUT2D eigenvalue weighted by atomic mass is 10.0. The van der Waals surface area contributed by atoms with Crippen molar-refractivity contribution in [2.45, 2.75) is 20.4 Å². The van der Waals surface area contributed by atoms with E-state index in [1.807, 2.05) is 6.20 Å². The summed E-state index contributed by atoms with van der Waals surface area (Å²) in [4.78, 5) is 10.9. The Bertz CT molecular complexity index is 312. The van der Waals surface area contributed by atoms with Gasteiger partial charge in [-0.25, -0.2) is 4.98 Å². The Morgan fingerprint density at radius 3 is 2.40 bits per heavy atom. The van der Waals surface area contributed by atoms with Crippen LogP contribution in [-0.2, 0) is 6.54 Å². The average molecular weight is 206 g/mol. The van der Waals surface area contributed by atoms with Crippen molar-refractivity contribution < 1.29 is 0 Å². The smallest absolute Gasteiger partial charge is 0.147 e. The summed E-state index contributed by atoms with van der Waals surface area (Å²) >= 11 is 0. The molecule has 2 rings (SSSR count). The summed E-state index contributed by atoms with van der Waals surface area (Å²) in [6.45, 7) is 7.19. The molecule has 0 amide bonds. The molecule has 2 unspecified atom stereocenters. The normalized spacial score (nSPS) is 25.9. The number of nitrogens with zero attached hydrogens (tertiary/aromatic N) is 3. The topological polar surface area (TPSA) is 55.0 Å². The van der Waals surface area contributed by atoms with Crippen molar-refractivity contribution >= 4 is 5.82 Å². The number of hydrogen-bond donors (Lipinski definition) is 1. The van der Waals surface area contributed by atoms with Crippen molar-refractivity contribution in [3.63, 3.8) is 0 Å². The van der Waals surface area contributed by atoms with Gasteiger partial charge in [0, 0.05) is 19.6 Å². The third-order valence-electron chi connectivity index (χ3n) is 3.21. The van der Waals surface area contributed by atoms with Gasteiger partial charge in [-0.3, -0.25) is 4.98 Å². The number of aromatic nitrogens is 2. The zero-order chi connectivity index (χ0) is 10.8. The van der Waals surface area contributed by atoms with Gasteiger partial charge in [0.15, 0.2) is 0 Å². The second-order valence-electron chi connectivity index (χ2n) is 4.43. The average Bonchev–Trinajstić information content (AvgIpc) is 2.59. The highest BCUT2D eigenvalue weighted by Gasteiger charge is 2.26. The van der Waals surface area contributed by atoms with E-state index >= 15 is 0 Å². The van der Waals surface area contributed by atoms with Crippen LogP contribution in [0.15, 0.2) is 12.4 Å². The molecule has 2 atom stereocenters. The molecule has 82 valence electrons. The lowest BCUT2D eigenvalue weighted by Gasteiger charge is -2.16. The molecule has 1 fully saturated rings. The lowest BCUT2D eigenvalue weighted by molar-refractivity contribution is 0.494. The van der Waals surface area contributed by atoms with Crippen LogP contribution in [0.1, 0.15) is 19.5 Å². The second-order valence-corrected chi connectivity index (χ2v) is 4.43. The first-order valence-corrected chi connectivity index (χ1v) is 5.46. The van der Waals surface area contributed by atoms with E-state index in [1.165, 1.54) is 0 Å². The standard InChI is InChI=1S/C11H18N4/c1-8-6-15(7-9(8)2)11-5-13-10(3-12)4-14-11/h4-5,8-9H,3,6-7,12H2,1-2H3. The Hall–Kier alpha value is -1.16. The molecule has 1 saturated heterocycles. The van der Waals surface area contributed by atoms with E-state index in [1.54, 1.807) is 6.20 Å². The summed E-state index contributed by atoms with van der Waals surface area (Å²) in [5.41, 5.74) is 6.33. The maximum absolute atomic E-state index is 5.48. The third kappa shape index (κ3) is 2.09. The highest BCUT2D eigenvalue weighted by atomic mass is 15.2. The van der Waals surface area contributed by atoms with Gasteiger partial charge in [0.2, 0.25) is 0 Å². The highest BCUT2D eigenvalue weighted by Crippen LogP contribution is 2.25. The van der Waals surface area contributed by atoms with Gasteiger partial charge in [0.25, 0.3) is 0 Å².